The highest BCUT2D eigenvalue weighted by atomic mass is 16.6. The van der Waals surface area contributed by atoms with Crippen molar-refractivity contribution >= 4 is 17.9 Å². The van der Waals surface area contributed by atoms with Crippen molar-refractivity contribution in [3.63, 3.8) is 0 Å². The van der Waals surface area contributed by atoms with Crippen LogP contribution in [-0.4, -0.2) is 37.2 Å². The van der Waals surface area contributed by atoms with Crippen molar-refractivity contribution < 1.29 is 28.6 Å². The third-order valence-electron chi connectivity index (χ3n) is 13.0. The molecule has 0 aromatic carbocycles. The number of unbranched alkanes of at least 4 members (excludes halogenated alkanes) is 38. The van der Waals surface area contributed by atoms with E-state index in [0.29, 0.717) is 19.3 Å². The van der Waals surface area contributed by atoms with E-state index in [1.807, 2.05) is 0 Å². The summed E-state index contributed by atoms with van der Waals surface area (Å²) >= 11 is 0. The molecule has 0 heterocycles. The van der Waals surface area contributed by atoms with Gasteiger partial charge >= 0.3 is 17.9 Å². The van der Waals surface area contributed by atoms with E-state index in [2.05, 4.69) is 45.1 Å². The molecule has 6 nitrogen and oxygen atoms in total. The smallest absolute Gasteiger partial charge is 0.306 e. The van der Waals surface area contributed by atoms with Gasteiger partial charge in [0.15, 0.2) is 6.10 Å². The molecule has 1 atom stereocenters. The van der Waals surface area contributed by atoms with Crippen LogP contribution >= 0.6 is 0 Å². The molecule has 0 rings (SSSR count). The Balaban J connectivity index is 4.28. The van der Waals surface area contributed by atoms with Gasteiger partial charge in [-0.05, 0) is 51.4 Å². The normalized spacial score (nSPS) is 12.1. The molecule has 0 aliphatic carbocycles. The third kappa shape index (κ3) is 52.7. The lowest BCUT2D eigenvalue weighted by atomic mass is 10.0. The summed E-state index contributed by atoms with van der Waals surface area (Å²) in [5, 5.41) is 0. The fraction of sp³-hybridized carbons (Fsp3) is 0.881. The number of rotatable bonds is 53. The fourth-order valence-corrected chi connectivity index (χ4v) is 8.59. The second-order valence-corrected chi connectivity index (χ2v) is 19.6. The van der Waals surface area contributed by atoms with Crippen molar-refractivity contribution in [3.8, 4) is 0 Å². The average Bonchev–Trinajstić information content (AvgIpc) is 3.30. The Morgan fingerprint density at radius 3 is 0.877 bits per heavy atom. The first-order valence-corrected chi connectivity index (χ1v) is 28.8. The molecule has 0 spiro atoms. The van der Waals surface area contributed by atoms with E-state index < -0.39 is 6.10 Å². The molecule has 0 amide bonds. The van der Waals surface area contributed by atoms with E-state index in [1.165, 1.54) is 205 Å². The van der Waals surface area contributed by atoms with Crippen LogP contribution in [0.15, 0.2) is 24.3 Å². The van der Waals surface area contributed by atoms with Gasteiger partial charge < -0.3 is 14.2 Å². The molecule has 0 N–H and O–H groups in total. The standard InChI is InChI=1S/C59H110O6/c1-4-7-10-13-16-19-22-24-26-28-29-31-32-34-37-40-43-46-49-52-58(61)64-55-56(54-63-57(60)51-48-45-42-39-36-21-18-15-12-9-6-3)65-59(62)53-50-47-44-41-38-35-33-30-27-25-23-20-17-14-11-8-5-2/h17,20,25,27,56H,4-16,18-19,21-24,26,28-55H2,1-3H3/b20-17-,27-25-/t56-/m1/s1. The number of carbonyl (C=O) groups is 3. The minimum atomic E-state index is -0.770. The SMILES string of the molecule is CCCCC/C=C\C/C=C\CCCCCCCCCC(=O)O[C@H](COC(=O)CCCCCCCCCCCCC)COC(=O)CCCCCCCCCCCCCCCCCCCCC. The molecule has 0 saturated heterocycles. The maximum Gasteiger partial charge on any atom is 0.306 e. The van der Waals surface area contributed by atoms with Crippen LogP contribution in [0.5, 0.6) is 0 Å². The average molecular weight is 916 g/mol. The third-order valence-corrected chi connectivity index (χ3v) is 13.0. The van der Waals surface area contributed by atoms with Gasteiger partial charge in [-0.1, -0.05) is 270 Å². The van der Waals surface area contributed by atoms with Crippen LogP contribution in [0.25, 0.3) is 0 Å². The summed E-state index contributed by atoms with van der Waals surface area (Å²) in [4.78, 5) is 38.1. The maximum absolute atomic E-state index is 12.8. The van der Waals surface area contributed by atoms with Crippen LogP contribution in [0.4, 0.5) is 0 Å². The van der Waals surface area contributed by atoms with Gasteiger partial charge in [-0.25, -0.2) is 0 Å². The maximum atomic E-state index is 12.8. The Kier molecular flexibility index (Phi) is 52.7. The zero-order chi connectivity index (χ0) is 47.2. The van der Waals surface area contributed by atoms with E-state index in [1.54, 1.807) is 0 Å². The predicted molar refractivity (Wildman–Crippen MR) is 279 cm³/mol. The summed E-state index contributed by atoms with van der Waals surface area (Å²) in [5.41, 5.74) is 0. The Morgan fingerprint density at radius 1 is 0.308 bits per heavy atom. The number of carbonyl (C=O) groups excluding carboxylic acids is 3. The van der Waals surface area contributed by atoms with E-state index >= 15 is 0 Å². The van der Waals surface area contributed by atoms with E-state index in [-0.39, 0.29) is 31.1 Å². The minimum absolute atomic E-state index is 0.0691. The molecule has 0 aliphatic heterocycles. The van der Waals surface area contributed by atoms with Gasteiger partial charge in [-0.15, -0.1) is 0 Å². The molecule has 65 heavy (non-hydrogen) atoms. The molecule has 0 radical (unpaired) electrons. The van der Waals surface area contributed by atoms with Crippen molar-refractivity contribution in [1.82, 2.24) is 0 Å². The molecule has 0 saturated carbocycles. The Morgan fingerprint density at radius 2 is 0.554 bits per heavy atom. The molecule has 0 aromatic rings. The topological polar surface area (TPSA) is 78.9 Å². The van der Waals surface area contributed by atoms with Crippen molar-refractivity contribution in [2.24, 2.45) is 0 Å². The molecule has 382 valence electrons. The van der Waals surface area contributed by atoms with Gasteiger partial charge in [0.25, 0.3) is 0 Å². The largest absolute Gasteiger partial charge is 0.462 e. The van der Waals surface area contributed by atoms with Gasteiger partial charge in [-0.2, -0.15) is 0 Å². The minimum Gasteiger partial charge on any atom is -0.462 e. The monoisotopic (exact) mass is 915 g/mol. The molecular formula is C59H110O6. The summed E-state index contributed by atoms with van der Waals surface area (Å²) in [6.45, 7) is 6.65. The fourth-order valence-electron chi connectivity index (χ4n) is 8.59. The second kappa shape index (κ2) is 54.5. The molecule has 0 aromatic heterocycles. The molecule has 0 aliphatic rings. The highest BCUT2D eigenvalue weighted by molar-refractivity contribution is 5.71. The van der Waals surface area contributed by atoms with Crippen LogP contribution in [-0.2, 0) is 28.6 Å². The van der Waals surface area contributed by atoms with Gasteiger partial charge in [-0.3, -0.25) is 14.4 Å². The van der Waals surface area contributed by atoms with Gasteiger partial charge in [0.05, 0.1) is 0 Å². The van der Waals surface area contributed by atoms with Crippen LogP contribution in [0.1, 0.15) is 316 Å². The quantitative estimate of drug-likeness (QED) is 0.0262. The number of hydrogen-bond acceptors (Lipinski definition) is 6. The zero-order valence-corrected chi connectivity index (χ0v) is 43.8. The second-order valence-electron chi connectivity index (χ2n) is 19.6. The van der Waals surface area contributed by atoms with E-state index in [0.717, 1.165) is 70.6 Å². The number of hydrogen-bond donors (Lipinski definition) is 0. The Bertz CT molecular complexity index is 1050. The molecule has 0 unspecified atom stereocenters. The Hall–Kier alpha value is -2.11. The van der Waals surface area contributed by atoms with Crippen molar-refractivity contribution in [1.29, 1.82) is 0 Å². The lowest BCUT2D eigenvalue weighted by Crippen LogP contribution is -2.30. The molecular weight excluding hydrogens is 805 g/mol. The number of ether oxygens (including phenoxy) is 3. The summed E-state index contributed by atoms with van der Waals surface area (Å²) in [6.07, 6.45) is 63.1. The zero-order valence-electron chi connectivity index (χ0n) is 43.8. The highest BCUT2D eigenvalue weighted by Crippen LogP contribution is 2.17. The first-order chi connectivity index (χ1) is 32.0. The summed E-state index contributed by atoms with van der Waals surface area (Å²) in [5.74, 6) is -0.857. The lowest BCUT2D eigenvalue weighted by Gasteiger charge is -2.18. The lowest BCUT2D eigenvalue weighted by molar-refractivity contribution is -0.167. The number of esters is 3. The molecule has 0 fully saturated rings. The van der Waals surface area contributed by atoms with Crippen LogP contribution in [0.3, 0.4) is 0 Å². The summed E-state index contributed by atoms with van der Waals surface area (Å²) < 4.78 is 16.9. The first kappa shape index (κ1) is 62.9. The van der Waals surface area contributed by atoms with Crippen LogP contribution in [0, 0.1) is 0 Å². The molecule has 6 heteroatoms. The first-order valence-electron chi connectivity index (χ1n) is 28.8. The number of allylic oxidation sites excluding steroid dienone is 4. The van der Waals surface area contributed by atoms with Crippen molar-refractivity contribution in [2.45, 2.75) is 322 Å². The van der Waals surface area contributed by atoms with Crippen molar-refractivity contribution in [3.05, 3.63) is 24.3 Å². The summed E-state index contributed by atoms with van der Waals surface area (Å²) in [6, 6.07) is 0. The predicted octanol–water partition coefficient (Wildman–Crippen LogP) is 19.1. The van der Waals surface area contributed by atoms with Gasteiger partial charge in [0, 0.05) is 19.3 Å². The van der Waals surface area contributed by atoms with Gasteiger partial charge in [0.1, 0.15) is 13.2 Å². The Labute approximate surface area is 404 Å². The van der Waals surface area contributed by atoms with Crippen LogP contribution in [0.2, 0.25) is 0 Å². The highest BCUT2D eigenvalue weighted by Gasteiger charge is 2.19. The van der Waals surface area contributed by atoms with E-state index in [9.17, 15) is 14.4 Å². The van der Waals surface area contributed by atoms with E-state index in [4.69, 9.17) is 14.2 Å². The molecule has 0 bridgehead atoms. The summed E-state index contributed by atoms with van der Waals surface area (Å²) in [7, 11) is 0. The van der Waals surface area contributed by atoms with Crippen molar-refractivity contribution in [2.75, 3.05) is 13.2 Å². The van der Waals surface area contributed by atoms with Crippen LogP contribution < -0.4 is 0 Å². The van der Waals surface area contributed by atoms with Gasteiger partial charge in [0.2, 0.25) is 0 Å².